The molecule has 0 aliphatic heterocycles. The van der Waals surface area contributed by atoms with E-state index in [1.807, 2.05) is 62.9 Å². The van der Waals surface area contributed by atoms with Crippen molar-refractivity contribution in [1.82, 2.24) is 19.4 Å². The van der Waals surface area contributed by atoms with Crippen LogP contribution in [0.25, 0.3) is 44.3 Å². The molecular weight excluding hydrogens is 368 g/mol. The third-order valence-corrected chi connectivity index (χ3v) is 5.39. The van der Waals surface area contributed by atoms with Crippen LogP contribution in [0.4, 0.5) is 0 Å². The number of ether oxygens (including phenoxy) is 2. The molecule has 5 aromatic rings. The summed E-state index contributed by atoms with van der Waals surface area (Å²) in [7, 11) is 7.34. The number of fused-ring (bicyclic) bond motifs is 2. The van der Waals surface area contributed by atoms with Crippen LogP contribution in [0.3, 0.4) is 0 Å². The van der Waals surface area contributed by atoms with E-state index in [0.29, 0.717) is 11.4 Å². The third-order valence-electron chi connectivity index (χ3n) is 5.39. The molecule has 0 bridgehead atoms. The highest BCUT2D eigenvalue weighted by Gasteiger charge is 2.22. The standard InChI is InChI=1S/C22H20N4O3/c1-25-11-17(15-9-13(27-3)5-7-19(15)25)21-22(24-29-23-21)18-12-26(2)20-8-6-14(28-4)10-16(18)20/h5-12H,1-4H3. The Kier molecular flexibility index (Phi) is 3.84. The average molecular weight is 388 g/mol. The van der Waals surface area contributed by atoms with Gasteiger partial charge in [0.15, 0.2) is 0 Å². The molecule has 0 amide bonds. The number of hydrogen-bond acceptors (Lipinski definition) is 5. The maximum atomic E-state index is 5.42. The molecule has 3 aromatic heterocycles. The number of methoxy groups -OCH3 is 2. The fraction of sp³-hybridized carbons (Fsp3) is 0.182. The molecule has 0 unspecified atom stereocenters. The molecule has 0 spiro atoms. The van der Waals surface area contributed by atoms with Crippen molar-refractivity contribution in [1.29, 1.82) is 0 Å². The summed E-state index contributed by atoms with van der Waals surface area (Å²) in [5, 5.41) is 10.6. The van der Waals surface area contributed by atoms with Gasteiger partial charge in [-0.2, -0.15) is 0 Å². The lowest BCUT2D eigenvalue weighted by Gasteiger charge is -2.02. The van der Waals surface area contributed by atoms with Gasteiger partial charge in [0.05, 0.1) is 14.2 Å². The molecule has 0 aliphatic carbocycles. The van der Waals surface area contributed by atoms with Gasteiger partial charge in [0, 0.05) is 59.4 Å². The second-order valence-electron chi connectivity index (χ2n) is 7.03. The lowest BCUT2D eigenvalue weighted by atomic mass is 10.0. The fourth-order valence-electron chi connectivity index (χ4n) is 3.92. The van der Waals surface area contributed by atoms with Crippen LogP contribution < -0.4 is 9.47 Å². The molecular formula is C22H20N4O3. The van der Waals surface area contributed by atoms with E-state index in [0.717, 1.165) is 44.4 Å². The van der Waals surface area contributed by atoms with E-state index in [4.69, 9.17) is 14.1 Å². The van der Waals surface area contributed by atoms with Crippen molar-refractivity contribution in [2.24, 2.45) is 14.1 Å². The number of rotatable bonds is 4. The Morgan fingerprint density at radius 1 is 0.724 bits per heavy atom. The van der Waals surface area contributed by atoms with Gasteiger partial charge in [0.2, 0.25) is 0 Å². The number of benzene rings is 2. The van der Waals surface area contributed by atoms with E-state index >= 15 is 0 Å². The van der Waals surface area contributed by atoms with Crippen molar-refractivity contribution in [3.05, 3.63) is 48.8 Å². The largest absolute Gasteiger partial charge is 0.497 e. The Labute approximate surface area is 167 Å². The molecule has 0 fully saturated rings. The molecule has 0 N–H and O–H groups in total. The van der Waals surface area contributed by atoms with Crippen molar-refractivity contribution in [3.8, 4) is 34.0 Å². The highest BCUT2D eigenvalue weighted by molar-refractivity contribution is 6.03. The minimum Gasteiger partial charge on any atom is -0.497 e. The van der Waals surface area contributed by atoms with Crippen LogP contribution in [0, 0.1) is 0 Å². The van der Waals surface area contributed by atoms with Gasteiger partial charge in [-0.25, -0.2) is 4.63 Å². The maximum absolute atomic E-state index is 5.42. The van der Waals surface area contributed by atoms with Gasteiger partial charge in [-0.05, 0) is 46.7 Å². The molecule has 2 aromatic carbocycles. The Hall–Kier alpha value is -3.74. The Morgan fingerprint density at radius 2 is 1.17 bits per heavy atom. The zero-order valence-electron chi connectivity index (χ0n) is 16.6. The van der Waals surface area contributed by atoms with Gasteiger partial charge in [-0.1, -0.05) is 0 Å². The van der Waals surface area contributed by atoms with Crippen LogP contribution in [0.5, 0.6) is 11.5 Å². The minimum atomic E-state index is 0.694. The predicted octanol–water partition coefficient (Wildman–Crippen LogP) is 4.40. The van der Waals surface area contributed by atoms with Gasteiger partial charge in [0.25, 0.3) is 0 Å². The second-order valence-corrected chi connectivity index (χ2v) is 7.03. The van der Waals surface area contributed by atoms with Crippen molar-refractivity contribution in [3.63, 3.8) is 0 Å². The SMILES string of the molecule is COc1ccc2c(c1)c(-c1nonc1-c1cn(C)c3ccc(OC)cc13)cn2C. The monoisotopic (exact) mass is 388 g/mol. The van der Waals surface area contributed by atoms with Crippen molar-refractivity contribution < 1.29 is 14.1 Å². The summed E-state index contributed by atoms with van der Waals surface area (Å²) in [5.41, 5.74) is 5.43. The van der Waals surface area contributed by atoms with E-state index in [-0.39, 0.29) is 0 Å². The van der Waals surface area contributed by atoms with Crippen molar-refractivity contribution in [2.75, 3.05) is 14.2 Å². The molecule has 7 nitrogen and oxygen atoms in total. The van der Waals surface area contributed by atoms with Crippen molar-refractivity contribution in [2.45, 2.75) is 0 Å². The van der Waals surface area contributed by atoms with E-state index in [1.165, 1.54) is 0 Å². The number of hydrogen-bond donors (Lipinski definition) is 0. The van der Waals surface area contributed by atoms with Crippen LogP contribution in [0.1, 0.15) is 0 Å². The Morgan fingerprint density at radius 3 is 1.59 bits per heavy atom. The van der Waals surface area contributed by atoms with Crippen molar-refractivity contribution >= 4 is 21.8 Å². The fourth-order valence-corrected chi connectivity index (χ4v) is 3.92. The molecule has 0 radical (unpaired) electrons. The quantitative estimate of drug-likeness (QED) is 0.456. The van der Waals surface area contributed by atoms with Gasteiger partial charge >= 0.3 is 0 Å². The van der Waals surface area contributed by atoms with Gasteiger partial charge in [-0.3, -0.25) is 0 Å². The molecule has 3 heterocycles. The molecule has 0 saturated heterocycles. The smallest absolute Gasteiger partial charge is 0.145 e. The lowest BCUT2D eigenvalue weighted by Crippen LogP contribution is -1.85. The first-order valence-corrected chi connectivity index (χ1v) is 9.20. The van der Waals surface area contributed by atoms with E-state index in [1.54, 1.807) is 14.2 Å². The molecule has 146 valence electrons. The summed E-state index contributed by atoms with van der Waals surface area (Å²) < 4.78 is 20.2. The van der Waals surface area contributed by atoms with Gasteiger partial charge in [0.1, 0.15) is 22.9 Å². The zero-order chi connectivity index (χ0) is 20.1. The lowest BCUT2D eigenvalue weighted by molar-refractivity contribution is 0.310. The first kappa shape index (κ1) is 17.4. The first-order valence-electron chi connectivity index (χ1n) is 9.20. The number of aryl methyl sites for hydroxylation is 2. The molecule has 0 saturated carbocycles. The maximum Gasteiger partial charge on any atom is 0.145 e. The topological polar surface area (TPSA) is 67.2 Å². The van der Waals surface area contributed by atoms with Crippen LogP contribution in [-0.4, -0.2) is 33.7 Å². The highest BCUT2D eigenvalue weighted by atomic mass is 16.6. The average Bonchev–Trinajstić information content (AvgIpc) is 3.43. The summed E-state index contributed by atoms with van der Waals surface area (Å²) in [6.45, 7) is 0. The molecule has 5 rings (SSSR count). The van der Waals surface area contributed by atoms with Crippen LogP contribution in [-0.2, 0) is 14.1 Å². The minimum absolute atomic E-state index is 0.694. The zero-order valence-corrected chi connectivity index (χ0v) is 16.6. The molecule has 0 aliphatic rings. The highest BCUT2D eigenvalue weighted by Crippen LogP contribution is 2.39. The summed E-state index contributed by atoms with van der Waals surface area (Å²) in [5.74, 6) is 1.58. The molecule has 7 heteroatoms. The summed E-state index contributed by atoms with van der Waals surface area (Å²) in [4.78, 5) is 0. The third kappa shape index (κ3) is 2.58. The Bertz CT molecular complexity index is 1260. The summed E-state index contributed by atoms with van der Waals surface area (Å²) >= 11 is 0. The van der Waals surface area contributed by atoms with Crippen LogP contribution in [0.15, 0.2) is 53.4 Å². The normalized spacial score (nSPS) is 11.4. The van der Waals surface area contributed by atoms with E-state index < -0.39 is 0 Å². The first-order chi connectivity index (χ1) is 14.1. The Balaban J connectivity index is 1.76. The van der Waals surface area contributed by atoms with Crippen LogP contribution in [0.2, 0.25) is 0 Å². The molecule has 29 heavy (non-hydrogen) atoms. The van der Waals surface area contributed by atoms with E-state index in [9.17, 15) is 0 Å². The summed E-state index contributed by atoms with van der Waals surface area (Å²) in [6.07, 6.45) is 4.08. The second kappa shape index (κ2) is 6.41. The number of nitrogens with zero attached hydrogens (tertiary/aromatic N) is 4. The van der Waals surface area contributed by atoms with Crippen LogP contribution >= 0.6 is 0 Å². The predicted molar refractivity (Wildman–Crippen MR) is 111 cm³/mol. The van der Waals surface area contributed by atoms with Gasteiger partial charge in [-0.15, -0.1) is 0 Å². The van der Waals surface area contributed by atoms with E-state index in [2.05, 4.69) is 19.4 Å². The number of aromatic nitrogens is 4. The summed E-state index contributed by atoms with van der Waals surface area (Å²) in [6, 6.07) is 12.0. The molecule has 0 atom stereocenters. The van der Waals surface area contributed by atoms with Gasteiger partial charge < -0.3 is 18.6 Å².